The third kappa shape index (κ3) is 4.10. The maximum absolute atomic E-state index is 12.5. The van der Waals surface area contributed by atoms with E-state index in [4.69, 9.17) is 4.42 Å². The molecule has 3 amide bonds. The van der Waals surface area contributed by atoms with E-state index < -0.39 is 0 Å². The Balaban J connectivity index is 1.54. The predicted octanol–water partition coefficient (Wildman–Crippen LogP) is 1.94. The van der Waals surface area contributed by atoms with E-state index in [1.165, 1.54) is 0 Å². The van der Waals surface area contributed by atoms with Crippen molar-refractivity contribution in [2.45, 2.75) is 26.7 Å². The number of benzene rings is 1. The monoisotopic (exact) mass is 344 g/mol. The molecule has 0 unspecified atom stereocenters. The van der Waals surface area contributed by atoms with Gasteiger partial charge >= 0.3 is 6.03 Å². The number of piperazine rings is 1. The molecule has 0 aliphatic carbocycles. The molecule has 2 heterocycles. The van der Waals surface area contributed by atoms with Gasteiger partial charge in [0.25, 0.3) is 0 Å². The Morgan fingerprint density at radius 3 is 2.64 bits per heavy atom. The lowest BCUT2D eigenvalue weighted by atomic mass is 10.1. The molecule has 1 aromatic carbocycles. The fourth-order valence-electron chi connectivity index (χ4n) is 2.98. The van der Waals surface area contributed by atoms with Gasteiger partial charge in [0.2, 0.25) is 5.91 Å². The summed E-state index contributed by atoms with van der Waals surface area (Å²) in [5.74, 6) is 0.695. The minimum Gasteiger partial charge on any atom is -0.441 e. The normalized spacial score (nSPS) is 14.8. The van der Waals surface area contributed by atoms with E-state index in [0.717, 1.165) is 17.5 Å². The number of oxazole rings is 1. The number of hydrogen-bond donors (Lipinski definition) is 1. The lowest BCUT2D eigenvalue weighted by molar-refractivity contribution is -0.131. The molecule has 1 N–H and O–H groups in total. The van der Waals surface area contributed by atoms with Gasteiger partial charge in [-0.05, 0) is 24.1 Å². The molecule has 0 atom stereocenters. The molecular formula is C18H24N4O3. The molecule has 1 aromatic heterocycles. The summed E-state index contributed by atoms with van der Waals surface area (Å²) in [5, 5.41) is 2.87. The maximum Gasteiger partial charge on any atom is 0.317 e. The van der Waals surface area contributed by atoms with Crippen molar-refractivity contribution in [3.63, 3.8) is 0 Å². The van der Waals surface area contributed by atoms with Gasteiger partial charge in [-0.1, -0.05) is 13.0 Å². The lowest BCUT2D eigenvalue weighted by Crippen LogP contribution is -2.53. The van der Waals surface area contributed by atoms with Crippen molar-refractivity contribution in [3.05, 3.63) is 29.7 Å². The summed E-state index contributed by atoms with van der Waals surface area (Å²) in [6.07, 6.45) is 1.25. The second kappa shape index (κ2) is 7.55. The molecule has 1 aliphatic rings. The Morgan fingerprint density at radius 2 is 1.92 bits per heavy atom. The average molecular weight is 344 g/mol. The van der Waals surface area contributed by atoms with Crippen LogP contribution in [0.25, 0.3) is 11.1 Å². The summed E-state index contributed by atoms with van der Waals surface area (Å²) in [6.45, 7) is 6.80. The Hall–Kier alpha value is -2.57. The van der Waals surface area contributed by atoms with Crippen LogP contribution in [-0.4, -0.2) is 59.4 Å². The van der Waals surface area contributed by atoms with Crippen LogP contribution >= 0.6 is 0 Å². The highest BCUT2D eigenvalue weighted by atomic mass is 16.3. The minimum absolute atomic E-state index is 0.0416. The highest BCUT2D eigenvalue weighted by Gasteiger charge is 2.24. The van der Waals surface area contributed by atoms with Crippen LogP contribution in [0.2, 0.25) is 0 Å². The van der Waals surface area contributed by atoms with E-state index in [2.05, 4.69) is 10.3 Å². The van der Waals surface area contributed by atoms with Crippen molar-refractivity contribution < 1.29 is 14.0 Å². The number of nitrogens with zero attached hydrogens (tertiary/aromatic N) is 3. The number of hydrogen-bond acceptors (Lipinski definition) is 4. The first-order valence-corrected chi connectivity index (χ1v) is 8.73. The fourth-order valence-corrected chi connectivity index (χ4v) is 2.98. The van der Waals surface area contributed by atoms with Crippen LogP contribution in [0.5, 0.6) is 0 Å². The van der Waals surface area contributed by atoms with Gasteiger partial charge in [0, 0.05) is 39.6 Å². The Labute approximate surface area is 147 Å². The van der Waals surface area contributed by atoms with Crippen LogP contribution in [0.3, 0.4) is 0 Å². The van der Waals surface area contributed by atoms with Gasteiger partial charge in [0.15, 0.2) is 11.5 Å². The number of aryl methyl sites for hydroxylation is 1. The van der Waals surface area contributed by atoms with Gasteiger partial charge in [0.1, 0.15) is 5.52 Å². The molecule has 7 heteroatoms. The van der Waals surface area contributed by atoms with E-state index in [0.29, 0.717) is 50.6 Å². The zero-order chi connectivity index (χ0) is 17.8. The minimum atomic E-state index is -0.0416. The fraction of sp³-hybridized carbons (Fsp3) is 0.500. The molecule has 0 bridgehead atoms. The molecule has 1 saturated heterocycles. The Bertz CT molecular complexity index is 763. The summed E-state index contributed by atoms with van der Waals surface area (Å²) < 4.78 is 5.52. The molecule has 1 aliphatic heterocycles. The third-order valence-corrected chi connectivity index (χ3v) is 4.36. The van der Waals surface area contributed by atoms with E-state index in [1.54, 1.807) is 11.8 Å². The number of carbonyl (C=O) groups excluding carboxylic acids is 2. The Kier molecular flexibility index (Phi) is 5.21. The summed E-state index contributed by atoms with van der Waals surface area (Å²) in [4.78, 5) is 32.3. The van der Waals surface area contributed by atoms with Crippen molar-refractivity contribution in [2.24, 2.45) is 0 Å². The van der Waals surface area contributed by atoms with Gasteiger partial charge in [0.05, 0.1) is 6.42 Å². The van der Waals surface area contributed by atoms with Crippen molar-refractivity contribution in [2.75, 3.05) is 32.7 Å². The highest BCUT2D eigenvalue weighted by Crippen LogP contribution is 2.18. The number of amides is 3. The van der Waals surface area contributed by atoms with Crippen LogP contribution in [0, 0.1) is 6.92 Å². The Morgan fingerprint density at radius 1 is 1.20 bits per heavy atom. The van der Waals surface area contributed by atoms with Gasteiger partial charge < -0.3 is 19.5 Å². The molecule has 0 spiro atoms. The quantitative estimate of drug-likeness (QED) is 0.919. The SMILES string of the molecule is CCCNC(=O)N1CCN(C(=O)Cc2ccc3nc(C)oc3c2)CC1. The highest BCUT2D eigenvalue weighted by molar-refractivity contribution is 5.81. The lowest BCUT2D eigenvalue weighted by Gasteiger charge is -2.34. The average Bonchev–Trinajstić information content (AvgIpc) is 2.99. The summed E-state index contributed by atoms with van der Waals surface area (Å²) in [7, 11) is 0. The topological polar surface area (TPSA) is 78.7 Å². The molecule has 134 valence electrons. The van der Waals surface area contributed by atoms with Gasteiger partial charge in [-0.25, -0.2) is 9.78 Å². The van der Waals surface area contributed by atoms with Crippen LogP contribution in [0.1, 0.15) is 24.8 Å². The van der Waals surface area contributed by atoms with Crippen LogP contribution in [0.15, 0.2) is 22.6 Å². The molecule has 2 aromatic rings. The number of aromatic nitrogens is 1. The molecule has 3 rings (SSSR count). The van der Waals surface area contributed by atoms with E-state index in [1.807, 2.05) is 30.0 Å². The maximum atomic E-state index is 12.5. The second-order valence-electron chi connectivity index (χ2n) is 6.31. The van der Waals surface area contributed by atoms with Gasteiger partial charge in [-0.15, -0.1) is 0 Å². The summed E-state index contributed by atoms with van der Waals surface area (Å²) >= 11 is 0. The first-order valence-electron chi connectivity index (χ1n) is 8.73. The molecule has 1 fully saturated rings. The predicted molar refractivity (Wildman–Crippen MR) is 94.3 cm³/mol. The van der Waals surface area contributed by atoms with Crippen molar-refractivity contribution in [1.29, 1.82) is 0 Å². The number of carbonyl (C=O) groups is 2. The van der Waals surface area contributed by atoms with E-state index in [-0.39, 0.29) is 11.9 Å². The van der Waals surface area contributed by atoms with Crippen LogP contribution in [-0.2, 0) is 11.2 Å². The largest absolute Gasteiger partial charge is 0.441 e. The number of urea groups is 1. The van der Waals surface area contributed by atoms with Crippen molar-refractivity contribution >= 4 is 23.0 Å². The first kappa shape index (κ1) is 17.3. The zero-order valence-electron chi connectivity index (χ0n) is 14.7. The second-order valence-corrected chi connectivity index (χ2v) is 6.31. The van der Waals surface area contributed by atoms with Crippen molar-refractivity contribution in [1.82, 2.24) is 20.1 Å². The summed E-state index contributed by atoms with van der Waals surface area (Å²) in [5.41, 5.74) is 2.43. The van der Waals surface area contributed by atoms with E-state index in [9.17, 15) is 9.59 Å². The van der Waals surface area contributed by atoms with Crippen molar-refractivity contribution in [3.8, 4) is 0 Å². The molecule has 0 radical (unpaired) electrons. The van der Waals surface area contributed by atoms with Crippen LogP contribution < -0.4 is 5.32 Å². The van der Waals surface area contributed by atoms with Crippen LogP contribution in [0.4, 0.5) is 4.79 Å². The molecular weight excluding hydrogens is 320 g/mol. The zero-order valence-corrected chi connectivity index (χ0v) is 14.7. The number of nitrogens with one attached hydrogen (secondary N) is 1. The standard InChI is InChI=1S/C18H24N4O3/c1-3-6-19-18(24)22-9-7-21(8-10-22)17(23)12-14-4-5-15-16(11-14)25-13(2)20-15/h4-5,11H,3,6-10,12H2,1-2H3,(H,19,24). The third-order valence-electron chi connectivity index (χ3n) is 4.36. The van der Waals surface area contributed by atoms with Gasteiger partial charge in [-0.2, -0.15) is 0 Å². The van der Waals surface area contributed by atoms with E-state index >= 15 is 0 Å². The molecule has 7 nitrogen and oxygen atoms in total. The first-order chi connectivity index (χ1) is 12.1. The smallest absolute Gasteiger partial charge is 0.317 e. The van der Waals surface area contributed by atoms with Gasteiger partial charge in [-0.3, -0.25) is 4.79 Å². The number of rotatable bonds is 4. The molecule has 25 heavy (non-hydrogen) atoms. The number of fused-ring (bicyclic) bond motifs is 1. The summed E-state index contributed by atoms with van der Waals surface area (Å²) in [6, 6.07) is 5.63. The molecule has 0 saturated carbocycles.